The summed E-state index contributed by atoms with van der Waals surface area (Å²) in [5.41, 5.74) is 1.97. The Morgan fingerprint density at radius 2 is 1.12 bits per heavy atom. The van der Waals surface area contributed by atoms with Crippen LogP contribution in [0.4, 0.5) is 0 Å². The van der Waals surface area contributed by atoms with Gasteiger partial charge in [-0.1, -0.05) is 47.5 Å². The molecule has 34 heavy (non-hydrogen) atoms. The molecule has 0 bridgehead atoms. The van der Waals surface area contributed by atoms with Crippen LogP contribution in [0.1, 0.15) is 50.7 Å². The number of Topliss-reactive ketones (excluding diaryl/α,β-unsaturated/α-hetero) is 2. The first kappa shape index (κ1) is 33.3. The number of aliphatic hydroxyl groups is 1. The molecule has 0 saturated heterocycles. The van der Waals surface area contributed by atoms with Crippen molar-refractivity contribution in [2.75, 3.05) is 0 Å². The monoisotopic (exact) mass is 588 g/mol. The standard InChI is InChI=1S/C12H14Cl2O.C12H15ClO2.Cl2OS/c1-9(13)2-7-12(15)8-10-3-5-11(14)6-4-10;1-9(14)2-7-12(15)8-10-3-5-11(13)6-4-10;1-4(2)3/h3-6,9H,2,7-8H2,1H3;3-6,9,14H,2,7-8H2,1H3;. The molecule has 0 heterocycles. The fourth-order valence-electron chi connectivity index (χ4n) is 2.57. The van der Waals surface area contributed by atoms with Crippen LogP contribution in [0.2, 0.25) is 10.0 Å². The van der Waals surface area contributed by atoms with Gasteiger partial charge in [-0.05, 0) is 62.1 Å². The molecule has 0 radical (unpaired) electrons. The maximum absolute atomic E-state index is 11.5. The topological polar surface area (TPSA) is 71.4 Å². The van der Waals surface area contributed by atoms with Gasteiger partial charge < -0.3 is 5.11 Å². The molecule has 0 saturated carbocycles. The van der Waals surface area contributed by atoms with Crippen molar-refractivity contribution in [3.8, 4) is 0 Å². The molecule has 0 aliphatic carbocycles. The summed E-state index contributed by atoms with van der Waals surface area (Å²) >= 11 is 17.3. The highest BCUT2D eigenvalue weighted by molar-refractivity contribution is 8.26. The summed E-state index contributed by atoms with van der Waals surface area (Å²) in [5.74, 6) is 0.378. The van der Waals surface area contributed by atoms with E-state index in [1.54, 1.807) is 31.2 Å². The molecule has 2 atom stereocenters. The molecule has 1 N–H and O–H groups in total. The molecule has 0 aliphatic heterocycles. The number of ketones is 2. The summed E-state index contributed by atoms with van der Waals surface area (Å²) in [6, 6.07) is 14.6. The van der Waals surface area contributed by atoms with Gasteiger partial charge in [0.2, 0.25) is 9.23 Å². The molecule has 10 heteroatoms. The Labute approximate surface area is 228 Å². The number of rotatable bonds is 10. The summed E-state index contributed by atoms with van der Waals surface area (Å²) in [4.78, 5) is 23.0. The third-order valence-corrected chi connectivity index (χ3v) is 5.01. The van der Waals surface area contributed by atoms with Crippen LogP contribution in [-0.4, -0.2) is 32.4 Å². The van der Waals surface area contributed by atoms with Crippen molar-refractivity contribution in [3.05, 3.63) is 69.7 Å². The van der Waals surface area contributed by atoms with Gasteiger partial charge in [0.15, 0.2) is 0 Å². The zero-order valence-corrected chi connectivity index (χ0v) is 23.6. The largest absolute Gasteiger partial charge is 0.393 e. The summed E-state index contributed by atoms with van der Waals surface area (Å²) in [6.45, 7) is 3.59. The van der Waals surface area contributed by atoms with Crippen LogP contribution in [0.5, 0.6) is 0 Å². The lowest BCUT2D eigenvalue weighted by molar-refractivity contribution is -0.119. The van der Waals surface area contributed by atoms with Crippen molar-refractivity contribution in [1.82, 2.24) is 0 Å². The number of aliphatic hydroxyl groups excluding tert-OH is 1. The van der Waals surface area contributed by atoms with Gasteiger partial charge in [-0.3, -0.25) is 9.59 Å². The fraction of sp³-hybridized carbons (Fsp3) is 0.417. The van der Waals surface area contributed by atoms with Gasteiger partial charge in [-0.25, -0.2) is 4.21 Å². The molecule has 2 rings (SSSR count). The molecular weight excluding hydrogens is 562 g/mol. The van der Waals surface area contributed by atoms with Crippen molar-refractivity contribution < 1.29 is 18.9 Å². The highest BCUT2D eigenvalue weighted by Crippen LogP contribution is 2.13. The van der Waals surface area contributed by atoms with Gasteiger partial charge in [-0.15, -0.1) is 11.6 Å². The minimum absolute atomic E-state index is 0.0687. The second kappa shape index (κ2) is 19.5. The number of alkyl halides is 1. The lowest BCUT2D eigenvalue weighted by Gasteiger charge is -2.03. The summed E-state index contributed by atoms with van der Waals surface area (Å²) < 4.78 is 9.09. The zero-order chi connectivity index (χ0) is 26.1. The Morgan fingerprint density at radius 1 is 0.794 bits per heavy atom. The molecule has 0 spiro atoms. The van der Waals surface area contributed by atoms with Gasteiger partial charge >= 0.3 is 0 Å². The van der Waals surface area contributed by atoms with E-state index >= 15 is 0 Å². The third kappa shape index (κ3) is 20.7. The van der Waals surface area contributed by atoms with Crippen molar-refractivity contribution in [1.29, 1.82) is 0 Å². The average molecular weight is 591 g/mol. The first-order chi connectivity index (χ1) is 15.9. The molecule has 190 valence electrons. The normalized spacial score (nSPS) is 12.0. The van der Waals surface area contributed by atoms with Crippen LogP contribution < -0.4 is 0 Å². The van der Waals surface area contributed by atoms with E-state index in [2.05, 4.69) is 21.4 Å². The minimum atomic E-state index is -1.67. The Balaban J connectivity index is 0.000000554. The van der Waals surface area contributed by atoms with Crippen LogP contribution in [0.3, 0.4) is 0 Å². The number of hydrogen-bond donors (Lipinski definition) is 1. The summed E-state index contributed by atoms with van der Waals surface area (Å²) in [5, 5.41) is 10.5. The Morgan fingerprint density at radius 3 is 1.41 bits per heavy atom. The Bertz CT molecular complexity index is 800. The molecule has 2 aromatic carbocycles. The first-order valence-electron chi connectivity index (χ1n) is 10.5. The van der Waals surface area contributed by atoms with Crippen LogP contribution in [0.25, 0.3) is 0 Å². The van der Waals surface area contributed by atoms with Gasteiger partial charge in [0, 0.05) is 62.5 Å². The molecule has 0 fully saturated rings. The van der Waals surface area contributed by atoms with Gasteiger partial charge in [0.05, 0.1) is 6.10 Å². The first-order valence-corrected chi connectivity index (χ1v) is 14.5. The number of carbonyl (C=O) groups is 2. The van der Waals surface area contributed by atoms with Crippen molar-refractivity contribution in [2.45, 2.75) is 63.9 Å². The quantitative estimate of drug-likeness (QED) is 0.230. The molecule has 0 aliphatic rings. The number of carbonyl (C=O) groups excluding carboxylic acids is 2. The van der Waals surface area contributed by atoms with Crippen molar-refractivity contribution in [2.24, 2.45) is 0 Å². The molecule has 0 aromatic heterocycles. The minimum Gasteiger partial charge on any atom is -0.393 e. The molecule has 0 amide bonds. The van der Waals surface area contributed by atoms with E-state index in [1.807, 2.05) is 31.2 Å². The lowest BCUT2D eigenvalue weighted by Crippen LogP contribution is -2.07. The third-order valence-electron chi connectivity index (χ3n) is 4.29. The van der Waals surface area contributed by atoms with Crippen LogP contribution in [0, 0.1) is 0 Å². The van der Waals surface area contributed by atoms with E-state index in [1.165, 1.54) is 0 Å². The molecule has 4 nitrogen and oxygen atoms in total. The molecule has 2 unspecified atom stereocenters. The van der Waals surface area contributed by atoms with Crippen LogP contribution in [0.15, 0.2) is 48.5 Å². The van der Waals surface area contributed by atoms with E-state index in [0.717, 1.165) is 17.5 Å². The lowest BCUT2D eigenvalue weighted by atomic mass is 10.0. The molecule has 2 aromatic rings. The van der Waals surface area contributed by atoms with Crippen LogP contribution in [-0.2, 0) is 31.7 Å². The predicted octanol–water partition coefficient (Wildman–Crippen LogP) is 7.51. The zero-order valence-electron chi connectivity index (χ0n) is 19.0. The van der Waals surface area contributed by atoms with E-state index in [-0.39, 0.29) is 16.9 Å². The summed E-state index contributed by atoms with van der Waals surface area (Å²) in [6.07, 6.45) is 2.75. The second-order valence-electron chi connectivity index (χ2n) is 7.58. The van der Waals surface area contributed by atoms with E-state index < -0.39 is 15.3 Å². The average Bonchev–Trinajstić information content (AvgIpc) is 2.74. The smallest absolute Gasteiger partial charge is 0.211 e. The predicted molar refractivity (Wildman–Crippen MR) is 146 cm³/mol. The van der Waals surface area contributed by atoms with Gasteiger partial charge in [-0.2, -0.15) is 0 Å². The Kier molecular flexibility index (Phi) is 19.1. The van der Waals surface area contributed by atoms with E-state index in [0.29, 0.717) is 42.1 Å². The number of benzene rings is 2. The fourth-order valence-corrected chi connectivity index (χ4v) is 2.93. The second-order valence-corrected chi connectivity index (χ2v) is 11.7. The SMILES string of the molecule is CC(Cl)CCC(=O)Cc1ccc(Cl)cc1.CC(O)CCC(=O)Cc1ccc(Cl)cc1.O=S(Cl)Cl. The maximum atomic E-state index is 11.5. The van der Waals surface area contributed by atoms with Crippen LogP contribution >= 0.6 is 56.2 Å². The maximum Gasteiger partial charge on any atom is 0.211 e. The van der Waals surface area contributed by atoms with Crippen molar-refractivity contribution >= 4 is 77.0 Å². The highest BCUT2D eigenvalue weighted by Gasteiger charge is 2.06. The summed E-state index contributed by atoms with van der Waals surface area (Å²) in [7, 11) is 7.36. The number of hydrogen-bond acceptors (Lipinski definition) is 4. The van der Waals surface area contributed by atoms with E-state index in [9.17, 15) is 9.59 Å². The van der Waals surface area contributed by atoms with Gasteiger partial charge in [0.1, 0.15) is 11.6 Å². The van der Waals surface area contributed by atoms with E-state index in [4.69, 9.17) is 44.1 Å². The van der Waals surface area contributed by atoms with Gasteiger partial charge in [0.25, 0.3) is 0 Å². The molecular formula is C24H29Cl5O4S. The Hall–Kier alpha value is -0.660. The highest BCUT2D eigenvalue weighted by atomic mass is 36.0. The number of halogens is 5. The van der Waals surface area contributed by atoms with Crippen molar-refractivity contribution in [3.63, 3.8) is 0 Å².